The number of carbonyl (C=O) groups excluding carboxylic acids is 1. The fourth-order valence-electron chi connectivity index (χ4n) is 3.65. The standard InChI is InChI=1S/C25H34N2O4/c1-4-17-30-23-12-7-20(19-24(23)31-18-5-2)25(28)27-14-6-13-26(15-16-27)21-8-10-22(29-3)11-9-21/h7-12,19H,4-6,13-18H2,1-3H3. The van der Waals surface area contributed by atoms with Crippen LogP contribution in [0.3, 0.4) is 0 Å². The zero-order valence-corrected chi connectivity index (χ0v) is 18.9. The molecule has 0 radical (unpaired) electrons. The number of hydrogen-bond acceptors (Lipinski definition) is 5. The van der Waals surface area contributed by atoms with E-state index in [0.29, 0.717) is 36.8 Å². The number of amides is 1. The van der Waals surface area contributed by atoms with E-state index in [1.165, 1.54) is 0 Å². The molecule has 1 fully saturated rings. The van der Waals surface area contributed by atoms with Crippen LogP contribution >= 0.6 is 0 Å². The van der Waals surface area contributed by atoms with Crippen LogP contribution in [0.4, 0.5) is 5.69 Å². The molecule has 1 aliphatic rings. The van der Waals surface area contributed by atoms with Gasteiger partial charge in [-0.1, -0.05) is 13.8 Å². The summed E-state index contributed by atoms with van der Waals surface area (Å²) in [6.45, 7) is 8.50. The summed E-state index contributed by atoms with van der Waals surface area (Å²) in [6.07, 6.45) is 2.75. The second-order valence-corrected chi connectivity index (χ2v) is 7.69. The van der Waals surface area contributed by atoms with E-state index >= 15 is 0 Å². The van der Waals surface area contributed by atoms with Crippen LogP contribution in [-0.2, 0) is 0 Å². The van der Waals surface area contributed by atoms with Gasteiger partial charge in [0.05, 0.1) is 20.3 Å². The van der Waals surface area contributed by atoms with Crippen molar-refractivity contribution in [2.24, 2.45) is 0 Å². The highest BCUT2D eigenvalue weighted by molar-refractivity contribution is 5.95. The first-order valence-corrected chi connectivity index (χ1v) is 11.2. The molecule has 6 heteroatoms. The van der Waals surface area contributed by atoms with Crippen molar-refractivity contribution < 1.29 is 19.0 Å². The van der Waals surface area contributed by atoms with Crippen molar-refractivity contribution >= 4 is 11.6 Å². The zero-order valence-electron chi connectivity index (χ0n) is 18.9. The Hall–Kier alpha value is -2.89. The van der Waals surface area contributed by atoms with Crippen LogP contribution in [0.5, 0.6) is 17.2 Å². The van der Waals surface area contributed by atoms with Gasteiger partial charge in [-0.25, -0.2) is 0 Å². The molecule has 168 valence electrons. The number of methoxy groups -OCH3 is 1. The molecular formula is C25H34N2O4. The maximum atomic E-state index is 13.2. The predicted molar refractivity (Wildman–Crippen MR) is 124 cm³/mol. The predicted octanol–water partition coefficient (Wildman–Crippen LogP) is 4.63. The molecule has 1 amide bonds. The van der Waals surface area contributed by atoms with E-state index in [1.54, 1.807) is 7.11 Å². The molecule has 0 N–H and O–H groups in total. The molecule has 1 heterocycles. The summed E-state index contributed by atoms with van der Waals surface area (Å²) >= 11 is 0. The van der Waals surface area contributed by atoms with Crippen LogP contribution in [-0.4, -0.2) is 57.3 Å². The van der Waals surface area contributed by atoms with Crippen LogP contribution in [0, 0.1) is 0 Å². The van der Waals surface area contributed by atoms with Crippen molar-refractivity contribution in [2.75, 3.05) is 51.4 Å². The lowest BCUT2D eigenvalue weighted by Crippen LogP contribution is -2.35. The minimum atomic E-state index is 0.0416. The van der Waals surface area contributed by atoms with Crippen LogP contribution in [0.15, 0.2) is 42.5 Å². The lowest BCUT2D eigenvalue weighted by Gasteiger charge is -2.24. The number of benzene rings is 2. The van der Waals surface area contributed by atoms with E-state index in [9.17, 15) is 4.79 Å². The molecule has 0 bridgehead atoms. The van der Waals surface area contributed by atoms with E-state index in [-0.39, 0.29) is 5.91 Å². The molecule has 1 saturated heterocycles. The second-order valence-electron chi connectivity index (χ2n) is 7.69. The molecule has 0 unspecified atom stereocenters. The Balaban J connectivity index is 1.68. The van der Waals surface area contributed by atoms with Crippen molar-refractivity contribution in [3.05, 3.63) is 48.0 Å². The zero-order chi connectivity index (χ0) is 22.1. The Bertz CT molecular complexity index is 838. The van der Waals surface area contributed by atoms with Gasteiger partial charge in [-0.3, -0.25) is 4.79 Å². The molecule has 0 spiro atoms. The third kappa shape index (κ3) is 6.06. The Kier molecular flexibility index (Phi) is 8.44. The van der Waals surface area contributed by atoms with Gasteiger partial charge in [0.2, 0.25) is 0 Å². The Morgan fingerprint density at radius 2 is 1.58 bits per heavy atom. The summed E-state index contributed by atoms with van der Waals surface area (Å²) < 4.78 is 16.9. The van der Waals surface area contributed by atoms with Gasteiger partial charge in [-0.05, 0) is 61.7 Å². The molecule has 0 aliphatic carbocycles. The topological polar surface area (TPSA) is 51.2 Å². The summed E-state index contributed by atoms with van der Waals surface area (Å²) in [5.41, 5.74) is 1.80. The Labute approximate surface area is 185 Å². The van der Waals surface area contributed by atoms with Gasteiger partial charge >= 0.3 is 0 Å². The lowest BCUT2D eigenvalue weighted by atomic mass is 10.1. The fourth-order valence-corrected chi connectivity index (χ4v) is 3.65. The average Bonchev–Trinajstić information content (AvgIpc) is 3.07. The molecule has 31 heavy (non-hydrogen) atoms. The number of anilines is 1. The number of nitrogens with zero attached hydrogens (tertiary/aromatic N) is 2. The van der Waals surface area contributed by atoms with Gasteiger partial charge in [0.15, 0.2) is 11.5 Å². The van der Waals surface area contributed by atoms with E-state index < -0.39 is 0 Å². The van der Waals surface area contributed by atoms with E-state index in [4.69, 9.17) is 14.2 Å². The molecular weight excluding hydrogens is 392 g/mol. The lowest BCUT2D eigenvalue weighted by molar-refractivity contribution is 0.0766. The number of hydrogen-bond donors (Lipinski definition) is 0. The molecule has 1 aliphatic heterocycles. The quantitative estimate of drug-likeness (QED) is 0.585. The van der Waals surface area contributed by atoms with Gasteiger partial charge in [-0.2, -0.15) is 0 Å². The van der Waals surface area contributed by atoms with E-state index in [0.717, 1.165) is 50.3 Å². The third-order valence-electron chi connectivity index (χ3n) is 5.33. The summed E-state index contributed by atoms with van der Waals surface area (Å²) in [7, 11) is 1.67. The van der Waals surface area contributed by atoms with E-state index in [2.05, 4.69) is 30.9 Å². The van der Waals surface area contributed by atoms with Gasteiger partial charge < -0.3 is 24.0 Å². The highest BCUT2D eigenvalue weighted by Crippen LogP contribution is 2.30. The highest BCUT2D eigenvalue weighted by atomic mass is 16.5. The smallest absolute Gasteiger partial charge is 0.254 e. The Morgan fingerprint density at radius 3 is 2.26 bits per heavy atom. The normalized spacial score (nSPS) is 14.2. The van der Waals surface area contributed by atoms with Crippen LogP contribution < -0.4 is 19.1 Å². The number of ether oxygens (including phenoxy) is 3. The van der Waals surface area contributed by atoms with Crippen LogP contribution in [0.25, 0.3) is 0 Å². The first-order chi connectivity index (χ1) is 15.2. The van der Waals surface area contributed by atoms with Crippen LogP contribution in [0.2, 0.25) is 0 Å². The Morgan fingerprint density at radius 1 is 0.871 bits per heavy atom. The second kappa shape index (κ2) is 11.5. The fraction of sp³-hybridized carbons (Fsp3) is 0.480. The molecule has 6 nitrogen and oxygen atoms in total. The van der Waals surface area contributed by atoms with Crippen molar-refractivity contribution in [1.29, 1.82) is 0 Å². The first-order valence-electron chi connectivity index (χ1n) is 11.2. The summed E-state index contributed by atoms with van der Waals surface area (Å²) in [6, 6.07) is 13.6. The molecule has 0 aromatic heterocycles. The molecule has 0 saturated carbocycles. The summed E-state index contributed by atoms with van der Waals surface area (Å²) in [5.74, 6) is 2.24. The maximum Gasteiger partial charge on any atom is 0.254 e. The van der Waals surface area contributed by atoms with Crippen molar-refractivity contribution in [3.63, 3.8) is 0 Å². The highest BCUT2D eigenvalue weighted by Gasteiger charge is 2.22. The van der Waals surface area contributed by atoms with Crippen molar-refractivity contribution in [2.45, 2.75) is 33.1 Å². The number of rotatable bonds is 9. The monoisotopic (exact) mass is 426 g/mol. The van der Waals surface area contributed by atoms with Gasteiger partial charge in [0.25, 0.3) is 5.91 Å². The maximum absolute atomic E-state index is 13.2. The molecule has 2 aromatic carbocycles. The minimum absolute atomic E-state index is 0.0416. The summed E-state index contributed by atoms with van der Waals surface area (Å²) in [5, 5.41) is 0. The molecule has 3 rings (SSSR count). The minimum Gasteiger partial charge on any atom is -0.497 e. The largest absolute Gasteiger partial charge is 0.497 e. The van der Waals surface area contributed by atoms with Gasteiger partial charge in [0.1, 0.15) is 5.75 Å². The SMILES string of the molecule is CCCOc1ccc(C(=O)N2CCCN(c3ccc(OC)cc3)CC2)cc1OCCC. The number of carbonyl (C=O) groups is 1. The first kappa shape index (κ1) is 22.8. The van der Waals surface area contributed by atoms with Gasteiger partial charge in [-0.15, -0.1) is 0 Å². The average molecular weight is 427 g/mol. The van der Waals surface area contributed by atoms with Gasteiger partial charge in [0, 0.05) is 37.4 Å². The molecule has 2 aromatic rings. The van der Waals surface area contributed by atoms with Crippen molar-refractivity contribution in [3.8, 4) is 17.2 Å². The summed E-state index contributed by atoms with van der Waals surface area (Å²) in [4.78, 5) is 17.5. The van der Waals surface area contributed by atoms with E-state index in [1.807, 2.05) is 35.2 Å². The third-order valence-corrected chi connectivity index (χ3v) is 5.33. The molecule has 0 atom stereocenters. The van der Waals surface area contributed by atoms with Crippen LogP contribution in [0.1, 0.15) is 43.5 Å². The van der Waals surface area contributed by atoms with Crippen molar-refractivity contribution in [1.82, 2.24) is 4.90 Å².